The lowest BCUT2D eigenvalue weighted by molar-refractivity contribution is 0.0167. The third kappa shape index (κ3) is 3.37. The lowest BCUT2D eigenvalue weighted by Crippen LogP contribution is -2.38. The van der Waals surface area contributed by atoms with Crippen LogP contribution >= 0.6 is 0 Å². The van der Waals surface area contributed by atoms with Gasteiger partial charge in [-0.1, -0.05) is 19.3 Å². The van der Waals surface area contributed by atoms with Crippen LogP contribution in [-0.2, 0) is 0 Å². The molecular weight excluding hydrogens is 212 g/mol. The van der Waals surface area contributed by atoms with Gasteiger partial charge in [-0.2, -0.15) is 0 Å². The number of hydrogen-bond donors (Lipinski definition) is 3. The van der Waals surface area contributed by atoms with Crippen LogP contribution in [0.1, 0.15) is 37.7 Å². The molecular formula is C14H22N2O. The van der Waals surface area contributed by atoms with Gasteiger partial charge < -0.3 is 16.2 Å². The maximum Gasteiger partial charge on any atom is 0.0819 e. The molecule has 0 spiro atoms. The summed E-state index contributed by atoms with van der Waals surface area (Å²) in [6.07, 6.45) is 5.32. The van der Waals surface area contributed by atoms with Crippen LogP contribution in [-0.4, -0.2) is 17.3 Å². The molecule has 4 N–H and O–H groups in total. The van der Waals surface area contributed by atoms with Gasteiger partial charge in [0.15, 0.2) is 0 Å². The summed E-state index contributed by atoms with van der Waals surface area (Å²) in [5.74, 6) is 0. The van der Waals surface area contributed by atoms with Crippen molar-refractivity contribution in [1.29, 1.82) is 0 Å². The van der Waals surface area contributed by atoms with E-state index in [1.54, 1.807) is 0 Å². The molecule has 0 atom stereocenters. The van der Waals surface area contributed by atoms with E-state index in [1.165, 1.54) is 6.42 Å². The van der Waals surface area contributed by atoms with Gasteiger partial charge in [-0.25, -0.2) is 0 Å². The molecule has 1 saturated carbocycles. The van der Waals surface area contributed by atoms with Crippen LogP contribution in [0.15, 0.2) is 18.2 Å². The monoisotopic (exact) mass is 234 g/mol. The summed E-state index contributed by atoms with van der Waals surface area (Å²) in [5.41, 5.74) is 8.18. The zero-order chi connectivity index (χ0) is 12.3. The molecule has 1 aliphatic rings. The lowest BCUT2D eigenvalue weighted by atomic mass is 9.85. The molecule has 0 radical (unpaired) electrons. The minimum atomic E-state index is -0.531. The highest BCUT2D eigenvalue weighted by atomic mass is 16.3. The van der Waals surface area contributed by atoms with Crippen molar-refractivity contribution >= 4 is 11.4 Å². The van der Waals surface area contributed by atoms with Crippen molar-refractivity contribution in [3.63, 3.8) is 0 Å². The first-order valence-electron chi connectivity index (χ1n) is 6.41. The van der Waals surface area contributed by atoms with Crippen molar-refractivity contribution in [3.05, 3.63) is 23.8 Å². The van der Waals surface area contributed by atoms with Crippen molar-refractivity contribution in [2.45, 2.75) is 44.6 Å². The van der Waals surface area contributed by atoms with Crippen LogP contribution in [0.2, 0.25) is 0 Å². The van der Waals surface area contributed by atoms with Crippen LogP contribution in [0.4, 0.5) is 11.4 Å². The number of aryl methyl sites for hydroxylation is 1. The molecule has 3 heteroatoms. The Kier molecular flexibility index (Phi) is 3.57. The van der Waals surface area contributed by atoms with Crippen LogP contribution in [0.25, 0.3) is 0 Å². The highest BCUT2D eigenvalue weighted by Gasteiger charge is 2.28. The van der Waals surface area contributed by atoms with E-state index in [0.29, 0.717) is 6.54 Å². The Bertz CT molecular complexity index is 364. The molecule has 1 fully saturated rings. The molecule has 0 amide bonds. The zero-order valence-corrected chi connectivity index (χ0v) is 10.5. The van der Waals surface area contributed by atoms with Gasteiger partial charge in [-0.05, 0) is 43.5 Å². The maximum atomic E-state index is 10.4. The molecule has 0 saturated heterocycles. The molecule has 0 bridgehead atoms. The molecule has 0 heterocycles. The maximum absolute atomic E-state index is 10.4. The van der Waals surface area contributed by atoms with Crippen LogP contribution in [0.5, 0.6) is 0 Å². The predicted octanol–water partition coefficient (Wildman–Crippen LogP) is 2.68. The van der Waals surface area contributed by atoms with Crippen molar-refractivity contribution in [3.8, 4) is 0 Å². The fraction of sp³-hybridized carbons (Fsp3) is 0.571. The van der Waals surface area contributed by atoms with Gasteiger partial charge in [0.05, 0.1) is 5.60 Å². The van der Waals surface area contributed by atoms with Crippen molar-refractivity contribution in [2.75, 3.05) is 17.6 Å². The highest BCUT2D eigenvalue weighted by Crippen LogP contribution is 2.28. The number of anilines is 2. The Morgan fingerprint density at radius 1 is 1.24 bits per heavy atom. The number of nitrogens with one attached hydrogen (secondary N) is 1. The van der Waals surface area contributed by atoms with E-state index in [4.69, 9.17) is 5.73 Å². The highest BCUT2D eigenvalue weighted by molar-refractivity contribution is 5.56. The summed E-state index contributed by atoms with van der Waals surface area (Å²) in [6.45, 7) is 2.65. The third-order valence-electron chi connectivity index (χ3n) is 3.51. The summed E-state index contributed by atoms with van der Waals surface area (Å²) in [4.78, 5) is 0. The fourth-order valence-electron chi connectivity index (χ4n) is 2.57. The number of nitrogen functional groups attached to an aromatic ring is 1. The largest absolute Gasteiger partial charge is 0.399 e. The van der Waals surface area contributed by atoms with Gasteiger partial charge in [0.1, 0.15) is 0 Å². The van der Waals surface area contributed by atoms with Gasteiger partial charge in [0, 0.05) is 17.9 Å². The molecule has 0 aromatic heterocycles. The predicted molar refractivity (Wildman–Crippen MR) is 72.1 cm³/mol. The minimum Gasteiger partial charge on any atom is -0.399 e. The molecule has 94 valence electrons. The van der Waals surface area contributed by atoms with Crippen molar-refractivity contribution < 1.29 is 5.11 Å². The average Bonchev–Trinajstić information content (AvgIpc) is 2.26. The van der Waals surface area contributed by atoms with Crippen LogP contribution in [0, 0.1) is 6.92 Å². The molecule has 1 aromatic carbocycles. The Hall–Kier alpha value is -1.22. The van der Waals surface area contributed by atoms with E-state index in [0.717, 1.165) is 42.6 Å². The lowest BCUT2D eigenvalue weighted by Gasteiger charge is -2.32. The minimum absolute atomic E-state index is 0.531. The standard InChI is InChI=1S/C14H22N2O/c1-11-7-12(15)9-13(8-11)16-10-14(17)5-3-2-4-6-14/h7-9,16-17H,2-6,10,15H2,1H3. The molecule has 17 heavy (non-hydrogen) atoms. The SMILES string of the molecule is Cc1cc(N)cc(NCC2(O)CCCCC2)c1. The third-order valence-corrected chi connectivity index (χ3v) is 3.51. The smallest absolute Gasteiger partial charge is 0.0819 e. The zero-order valence-electron chi connectivity index (χ0n) is 10.5. The van der Waals surface area contributed by atoms with Crippen LogP contribution < -0.4 is 11.1 Å². The summed E-state index contributed by atoms with van der Waals surface area (Å²) in [5, 5.41) is 13.7. The number of aliphatic hydroxyl groups is 1. The Labute approximate surface area is 103 Å². The quantitative estimate of drug-likeness (QED) is 0.705. The van der Waals surface area contributed by atoms with Crippen LogP contribution in [0.3, 0.4) is 0 Å². The second-order valence-corrected chi connectivity index (χ2v) is 5.27. The molecule has 1 aliphatic carbocycles. The van der Waals surface area contributed by atoms with Gasteiger partial charge in [-0.15, -0.1) is 0 Å². The fourth-order valence-corrected chi connectivity index (χ4v) is 2.57. The van der Waals surface area contributed by atoms with Crippen molar-refractivity contribution in [1.82, 2.24) is 0 Å². The second-order valence-electron chi connectivity index (χ2n) is 5.27. The Morgan fingerprint density at radius 3 is 2.59 bits per heavy atom. The Balaban J connectivity index is 1.96. The van der Waals surface area contributed by atoms with E-state index in [9.17, 15) is 5.11 Å². The normalized spacial score (nSPS) is 18.9. The van der Waals surface area contributed by atoms with E-state index >= 15 is 0 Å². The van der Waals surface area contributed by atoms with Gasteiger partial charge in [0.25, 0.3) is 0 Å². The van der Waals surface area contributed by atoms with E-state index in [-0.39, 0.29) is 0 Å². The first-order valence-corrected chi connectivity index (χ1v) is 6.41. The second kappa shape index (κ2) is 4.96. The van der Waals surface area contributed by atoms with E-state index < -0.39 is 5.60 Å². The summed E-state index contributed by atoms with van der Waals surface area (Å²) in [6, 6.07) is 5.92. The Morgan fingerprint density at radius 2 is 1.94 bits per heavy atom. The molecule has 1 aromatic rings. The first-order chi connectivity index (χ1) is 8.07. The summed E-state index contributed by atoms with van der Waals surface area (Å²) < 4.78 is 0. The van der Waals surface area contributed by atoms with Gasteiger partial charge >= 0.3 is 0 Å². The van der Waals surface area contributed by atoms with E-state index in [2.05, 4.69) is 11.4 Å². The number of rotatable bonds is 3. The molecule has 3 nitrogen and oxygen atoms in total. The van der Waals surface area contributed by atoms with Gasteiger partial charge in [0.2, 0.25) is 0 Å². The molecule has 2 rings (SSSR count). The number of nitrogens with two attached hydrogens (primary N) is 1. The number of benzene rings is 1. The first kappa shape index (κ1) is 12.2. The van der Waals surface area contributed by atoms with E-state index in [1.807, 2.05) is 19.1 Å². The summed E-state index contributed by atoms with van der Waals surface area (Å²) >= 11 is 0. The van der Waals surface area contributed by atoms with Crippen molar-refractivity contribution in [2.24, 2.45) is 0 Å². The summed E-state index contributed by atoms with van der Waals surface area (Å²) in [7, 11) is 0. The van der Waals surface area contributed by atoms with Gasteiger partial charge in [-0.3, -0.25) is 0 Å². The average molecular weight is 234 g/mol. The number of hydrogen-bond acceptors (Lipinski definition) is 3. The molecule has 0 aliphatic heterocycles. The molecule has 0 unspecified atom stereocenters. The topological polar surface area (TPSA) is 58.3 Å².